The zero-order valence-corrected chi connectivity index (χ0v) is 17.8. The van der Waals surface area contributed by atoms with Crippen molar-refractivity contribution in [2.24, 2.45) is 0 Å². The number of carbonyl (C=O) groups is 2. The van der Waals surface area contributed by atoms with Crippen LogP contribution in [0.3, 0.4) is 0 Å². The smallest absolute Gasteiger partial charge is 0.268 e. The van der Waals surface area contributed by atoms with Crippen LogP contribution in [0.2, 0.25) is 0 Å². The molecule has 2 atom stereocenters. The molecule has 7 nitrogen and oxygen atoms in total. The van der Waals surface area contributed by atoms with Crippen LogP contribution < -0.4 is 9.64 Å². The quantitative estimate of drug-likeness (QED) is 0.768. The number of nitrogens with zero attached hydrogens (tertiary/aromatic N) is 4. The van der Waals surface area contributed by atoms with Gasteiger partial charge in [-0.2, -0.15) is 0 Å². The van der Waals surface area contributed by atoms with Crippen LogP contribution >= 0.6 is 11.3 Å². The third kappa shape index (κ3) is 4.00. The second-order valence-corrected chi connectivity index (χ2v) is 8.63. The van der Waals surface area contributed by atoms with E-state index in [0.717, 1.165) is 30.3 Å². The van der Waals surface area contributed by atoms with Crippen molar-refractivity contribution in [2.75, 3.05) is 31.1 Å². The standard InChI is InChI=1S/C21H26N4O3S/c1-14(25-18-6-4-5-7-19(18)28-15(2)21(25)27)20(26)24-10-8-23(9-11-24)12-17-13-29-16(3)22-17/h4-7,13-15H,8-12H2,1-3H3/t14-,15+/m0/s1. The summed E-state index contributed by atoms with van der Waals surface area (Å²) in [5.41, 5.74) is 1.75. The highest BCUT2D eigenvalue weighted by atomic mass is 32.1. The van der Waals surface area contributed by atoms with E-state index in [1.165, 1.54) is 0 Å². The van der Waals surface area contributed by atoms with Crippen LogP contribution in [-0.4, -0.2) is 64.9 Å². The monoisotopic (exact) mass is 414 g/mol. The Morgan fingerprint density at radius 1 is 1.28 bits per heavy atom. The van der Waals surface area contributed by atoms with Gasteiger partial charge in [-0.25, -0.2) is 4.98 Å². The van der Waals surface area contributed by atoms with Crippen molar-refractivity contribution in [3.8, 4) is 5.75 Å². The molecule has 0 unspecified atom stereocenters. The van der Waals surface area contributed by atoms with Gasteiger partial charge >= 0.3 is 0 Å². The molecule has 0 aliphatic carbocycles. The van der Waals surface area contributed by atoms with Crippen LogP contribution in [0.1, 0.15) is 24.5 Å². The molecule has 0 N–H and O–H groups in total. The fourth-order valence-corrected chi connectivity index (χ4v) is 4.53. The number of anilines is 1. The van der Waals surface area contributed by atoms with Crippen LogP contribution in [0.4, 0.5) is 5.69 Å². The Labute approximate surface area is 174 Å². The second kappa shape index (κ2) is 8.12. The fraction of sp³-hybridized carbons (Fsp3) is 0.476. The lowest BCUT2D eigenvalue weighted by Crippen LogP contribution is -2.57. The van der Waals surface area contributed by atoms with Crippen LogP contribution in [0.15, 0.2) is 29.6 Å². The van der Waals surface area contributed by atoms with Crippen LogP contribution in [-0.2, 0) is 16.1 Å². The summed E-state index contributed by atoms with van der Waals surface area (Å²) in [6.45, 7) is 9.27. The van der Waals surface area contributed by atoms with Crippen molar-refractivity contribution in [3.63, 3.8) is 0 Å². The maximum Gasteiger partial charge on any atom is 0.268 e. The van der Waals surface area contributed by atoms with Crippen molar-refractivity contribution < 1.29 is 14.3 Å². The summed E-state index contributed by atoms with van der Waals surface area (Å²) in [7, 11) is 0. The van der Waals surface area contributed by atoms with Crippen molar-refractivity contribution in [1.82, 2.24) is 14.8 Å². The Bertz CT molecular complexity index is 907. The Morgan fingerprint density at radius 2 is 2.00 bits per heavy atom. The lowest BCUT2D eigenvalue weighted by atomic mass is 10.1. The van der Waals surface area contributed by atoms with Gasteiger partial charge in [0.15, 0.2) is 6.10 Å². The lowest BCUT2D eigenvalue weighted by Gasteiger charge is -2.40. The van der Waals surface area contributed by atoms with E-state index in [2.05, 4.69) is 15.3 Å². The minimum Gasteiger partial charge on any atom is -0.479 e. The molecule has 1 aromatic heterocycles. The van der Waals surface area contributed by atoms with Crippen LogP contribution in [0.25, 0.3) is 0 Å². The minimum atomic E-state index is -0.599. The predicted molar refractivity (Wildman–Crippen MR) is 112 cm³/mol. The van der Waals surface area contributed by atoms with Crippen molar-refractivity contribution in [2.45, 2.75) is 39.5 Å². The summed E-state index contributed by atoms with van der Waals surface area (Å²) in [5, 5.41) is 3.17. The molecule has 0 spiro atoms. The highest BCUT2D eigenvalue weighted by molar-refractivity contribution is 7.09. The Balaban J connectivity index is 1.41. The average molecular weight is 415 g/mol. The number of fused-ring (bicyclic) bond motifs is 1. The number of benzene rings is 1. The first-order chi connectivity index (χ1) is 13.9. The molecule has 2 amide bonds. The summed E-state index contributed by atoms with van der Waals surface area (Å²) < 4.78 is 5.69. The lowest BCUT2D eigenvalue weighted by molar-refractivity contribution is -0.137. The molecule has 0 bridgehead atoms. The van der Waals surface area contributed by atoms with Crippen molar-refractivity contribution in [1.29, 1.82) is 0 Å². The Morgan fingerprint density at radius 3 is 2.69 bits per heavy atom. The topological polar surface area (TPSA) is 66.0 Å². The zero-order chi connectivity index (χ0) is 20.5. The van der Waals surface area contributed by atoms with E-state index < -0.39 is 12.1 Å². The Kier molecular flexibility index (Phi) is 5.56. The molecule has 2 aliphatic rings. The summed E-state index contributed by atoms with van der Waals surface area (Å²) in [4.78, 5) is 36.3. The van der Waals surface area contributed by atoms with Crippen LogP contribution in [0.5, 0.6) is 5.75 Å². The molecule has 154 valence electrons. The van der Waals surface area contributed by atoms with Gasteiger partial charge in [-0.05, 0) is 32.9 Å². The number of rotatable bonds is 4. The number of amides is 2. The van der Waals surface area contributed by atoms with E-state index in [-0.39, 0.29) is 11.8 Å². The molecular formula is C21H26N4O3S. The molecule has 3 heterocycles. The molecule has 2 aliphatic heterocycles. The van der Waals surface area contributed by atoms with Crippen molar-refractivity contribution in [3.05, 3.63) is 40.3 Å². The molecule has 29 heavy (non-hydrogen) atoms. The highest BCUT2D eigenvalue weighted by Gasteiger charge is 2.38. The van der Waals surface area contributed by atoms with E-state index in [9.17, 15) is 9.59 Å². The SMILES string of the molecule is Cc1nc(CN2CCN(C(=O)[C@H](C)N3C(=O)[C@@H](C)Oc4ccccc43)CC2)cs1. The predicted octanol–water partition coefficient (Wildman–Crippen LogP) is 2.30. The third-order valence-electron chi connectivity index (χ3n) is 5.49. The molecule has 1 fully saturated rings. The largest absolute Gasteiger partial charge is 0.479 e. The first-order valence-corrected chi connectivity index (χ1v) is 10.8. The molecule has 0 radical (unpaired) electrons. The van der Waals surface area contributed by atoms with E-state index >= 15 is 0 Å². The number of aryl methyl sites for hydroxylation is 1. The molecule has 2 aromatic rings. The van der Waals surface area contributed by atoms with Gasteiger partial charge in [0.2, 0.25) is 5.91 Å². The molecule has 1 aromatic carbocycles. The maximum atomic E-state index is 13.2. The number of thiazole rings is 1. The molecule has 4 rings (SSSR count). The summed E-state index contributed by atoms with van der Waals surface area (Å²) in [6.07, 6.45) is -0.599. The normalized spacial score (nSPS) is 20.9. The van der Waals surface area contributed by atoms with E-state index in [0.29, 0.717) is 24.5 Å². The van der Waals surface area contributed by atoms with Gasteiger partial charge in [0.1, 0.15) is 11.8 Å². The first-order valence-electron chi connectivity index (χ1n) is 9.95. The summed E-state index contributed by atoms with van der Waals surface area (Å²) in [5.74, 6) is 0.441. The molecule has 8 heteroatoms. The van der Waals surface area contributed by atoms with Crippen molar-refractivity contribution >= 4 is 28.8 Å². The average Bonchev–Trinajstić information content (AvgIpc) is 3.13. The first kappa shape index (κ1) is 19.8. The molecular weight excluding hydrogens is 388 g/mol. The van der Waals surface area contributed by atoms with Gasteiger partial charge in [0.25, 0.3) is 5.91 Å². The summed E-state index contributed by atoms with van der Waals surface area (Å²) >= 11 is 1.66. The fourth-order valence-electron chi connectivity index (χ4n) is 3.92. The van der Waals surface area contributed by atoms with Crippen LogP contribution in [0, 0.1) is 6.92 Å². The number of hydrogen-bond acceptors (Lipinski definition) is 6. The van der Waals surface area contributed by atoms with E-state index in [4.69, 9.17) is 4.74 Å². The second-order valence-electron chi connectivity index (χ2n) is 7.57. The third-order valence-corrected chi connectivity index (χ3v) is 6.32. The number of piperazine rings is 1. The minimum absolute atomic E-state index is 0.0218. The van der Waals surface area contributed by atoms with Gasteiger partial charge in [-0.3, -0.25) is 19.4 Å². The highest BCUT2D eigenvalue weighted by Crippen LogP contribution is 2.35. The van der Waals surface area contributed by atoms with Gasteiger partial charge in [-0.15, -0.1) is 11.3 Å². The van der Waals surface area contributed by atoms with Gasteiger partial charge in [0.05, 0.1) is 16.4 Å². The number of ether oxygens (including phenoxy) is 1. The van der Waals surface area contributed by atoms with Gasteiger partial charge in [-0.1, -0.05) is 12.1 Å². The number of hydrogen-bond donors (Lipinski definition) is 0. The number of aromatic nitrogens is 1. The van der Waals surface area contributed by atoms with Gasteiger partial charge < -0.3 is 9.64 Å². The zero-order valence-electron chi connectivity index (χ0n) is 17.0. The number of para-hydroxylation sites is 2. The van der Waals surface area contributed by atoms with E-state index in [1.54, 1.807) is 30.1 Å². The molecule has 0 saturated carbocycles. The Hall–Kier alpha value is -2.45. The maximum absolute atomic E-state index is 13.2. The summed E-state index contributed by atoms with van der Waals surface area (Å²) in [6, 6.07) is 6.82. The molecule has 1 saturated heterocycles. The van der Waals surface area contributed by atoms with E-state index in [1.807, 2.05) is 36.1 Å². The van der Waals surface area contributed by atoms with Gasteiger partial charge in [0, 0.05) is 38.1 Å². The number of carbonyl (C=O) groups excluding carboxylic acids is 2.